The van der Waals surface area contributed by atoms with Crippen molar-refractivity contribution in [3.63, 3.8) is 0 Å². The molecule has 0 amide bonds. The van der Waals surface area contributed by atoms with Crippen LogP contribution in [0.25, 0.3) is 0 Å². The molecule has 2 aromatic heterocycles. The van der Waals surface area contributed by atoms with Gasteiger partial charge in [-0.3, -0.25) is 4.79 Å². The molecule has 0 aliphatic carbocycles. The number of thiazole rings is 1. The summed E-state index contributed by atoms with van der Waals surface area (Å²) in [6.07, 6.45) is 3.09. The van der Waals surface area contributed by atoms with Crippen LogP contribution in [0.1, 0.15) is 27.2 Å². The first-order chi connectivity index (χ1) is 7.31. The molecule has 0 aromatic carbocycles. The highest BCUT2D eigenvalue weighted by Gasteiger charge is 2.13. The lowest BCUT2D eigenvalue weighted by Crippen LogP contribution is -2.03. The molecule has 2 heterocycles. The molecule has 2 aromatic rings. The first-order valence-corrected chi connectivity index (χ1v) is 6.55. The SMILES string of the molecule is CCc1ccsc1C(=O)Cc1nccs1. The Labute approximate surface area is 96.6 Å². The van der Waals surface area contributed by atoms with Crippen LogP contribution in [-0.4, -0.2) is 10.8 Å². The van der Waals surface area contributed by atoms with Crippen LogP contribution in [0.5, 0.6) is 0 Å². The molecule has 0 radical (unpaired) electrons. The van der Waals surface area contributed by atoms with Crippen LogP contribution < -0.4 is 0 Å². The van der Waals surface area contributed by atoms with Crippen molar-refractivity contribution in [1.82, 2.24) is 4.98 Å². The maximum Gasteiger partial charge on any atom is 0.179 e. The molecule has 0 saturated heterocycles. The third kappa shape index (κ3) is 2.33. The van der Waals surface area contributed by atoms with Gasteiger partial charge in [-0.05, 0) is 23.4 Å². The van der Waals surface area contributed by atoms with Gasteiger partial charge in [0.15, 0.2) is 5.78 Å². The maximum absolute atomic E-state index is 11.9. The van der Waals surface area contributed by atoms with Gasteiger partial charge in [-0.2, -0.15) is 0 Å². The van der Waals surface area contributed by atoms with Crippen molar-refractivity contribution in [2.75, 3.05) is 0 Å². The standard InChI is InChI=1S/C11H11NOS2/c1-2-8-3-5-15-11(8)9(13)7-10-12-4-6-14-10/h3-6H,2,7H2,1H3. The number of ketones is 1. The average Bonchev–Trinajstić information content (AvgIpc) is 2.86. The van der Waals surface area contributed by atoms with Gasteiger partial charge in [0, 0.05) is 11.6 Å². The van der Waals surface area contributed by atoms with Gasteiger partial charge >= 0.3 is 0 Å². The Morgan fingerprint density at radius 1 is 1.40 bits per heavy atom. The molecule has 2 nitrogen and oxygen atoms in total. The second-order valence-corrected chi connectivity index (χ2v) is 5.05. The number of hydrogen-bond acceptors (Lipinski definition) is 4. The predicted molar refractivity (Wildman–Crippen MR) is 63.8 cm³/mol. The number of aromatic nitrogens is 1. The Hall–Kier alpha value is -1.00. The summed E-state index contributed by atoms with van der Waals surface area (Å²) in [4.78, 5) is 16.9. The van der Waals surface area contributed by atoms with E-state index in [1.165, 1.54) is 22.7 Å². The van der Waals surface area contributed by atoms with E-state index in [2.05, 4.69) is 11.9 Å². The Kier molecular flexibility index (Phi) is 3.28. The molecule has 0 fully saturated rings. The first kappa shape index (κ1) is 10.5. The summed E-state index contributed by atoms with van der Waals surface area (Å²) in [6.45, 7) is 2.07. The lowest BCUT2D eigenvalue weighted by atomic mass is 10.1. The van der Waals surface area contributed by atoms with Crippen LogP contribution in [0.2, 0.25) is 0 Å². The number of carbonyl (C=O) groups is 1. The first-order valence-electron chi connectivity index (χ1n) is 4.79. The summed E-state index contributed by atoms with van der Waals surface area (Å²) in [7, 11) is 0. The zero-order chi connectivity index (χ0) is 10.7. The van der Waals surface area contributed by atoms with Crippen LogP contribution in [0.3, 0.4) is 0 Å². The van der Waals surface area contributed by atoms with Gasteiger partial charge in [0.2, 0.25) is 0 Å². The van der Waals surface area contributed by atoms with E-state index < -0.39 is 0 Å². The smallest absolute Gasteiger partial charge is 0.179 e. The summed E-state index contributed by atoms with van der Waals surface area (Å²) in [5.41, 5.74) is 1.15. The van der Waals surface area contributed by atoms with E-state index in [1.807, 2.05) is 16.8 Å². The van der Waals surface area contributed by atoms with E-state index in [1.54, 1.807) is 6.20 Å². The van der Waals surface area contributed by atoms with Crippen molar-refractivity contribution < 1.29 is 4.79 Å². The van der Waals surface area contributed by atoms with Gasteiger partial charge in [-0.15, -0.1) is 22.7 Å². The lowest BCUT2D eigenvalue weighted by Gasteiger charge is -1.98. The largest absolute Gasteiger partial charge is 0.293 e. The van der Waals surface area contributed by atoms with E-state index in [4.69, 9.17) is 0 Å². The molecule has 0 saturated carbocycles. The van der Waals surface area contributed by atoms with Gasteiger partial charge in [0.05, 0.1) is 11.3 Å². The van der Waals surface area contributed by atoms with E-state index >= 15 is 0 Å². The number of aryl methyl sites for hydroxylation is 1. The highest BCUT2D eigenvalue weighted by Crippen LogP contribution is 2.20. The van der Waals surface area contributed by atoms with Crippen LogP contribution in [0.4, 0.5) is 0 Å². The summed E-state index contributed by atoms with van der Waals surface area (Å²) in [5, 5.41) is 4.78. The van der Waals surface area contributed by atoms with E-state index in [9.17, 15) is 4.79 Å². The van der Waals surface area contributed by atoms with E-state index in [0.29, 0.717) is 6.42 Å². The van der Waals surface area contributed by atoms with Crippen molar-refractivity contribution in [1.29, 1.82) is 0 Å². The molecule has 0 spiro atoms. The summed E-state index contributed by atoms with van der Waals surface area (Å²) in [5.74, 6) is 0.191. The molecule has 0 aliphatic rings. The van der Waals surface area contributed by atoms with Crippen molar-refractivity contribution in [3.8, 4) is 0 Å². The molecule has 78 valence electrons. The van der Waals surface area contributed by atoms with Crippen LogP contribution in [0, 0.1) is 0 Å². The normalized spacial score (nSPS) is 10.5. The molecule has 0 bridgehead atoms. The number of nitrogens with zero attached hydrogens (tertiary/aromatic N) is 1. The van der Waals surface area contributed by atoms with Crippen LogP contribution in [-0.2, 0) is 12.8 Å². The number of rotatable bonds is 4. The van der Waals surface area contributed by atoms with Gasteiger partial charge < -0.3 is 0 Å². The van der Waals surface area contributed by atoms with Crippen LogP contribution in [0.15, 0.2) is 23.0 Å². The summed E-state index contributed by atoms with van der Waals surface area (Å²) in [6, 6.07) is 2.03. The Balaban J connectivity index is 2.15. The number of Topliss-reactive ketones (excluding diaryl/α,β-unsaturated/α-hetero) is 1. The monoisotopic (exact) mass is 237 g/mol. The maximum atomic E-state index is 11.9. The minimum Gasteiger partial charge on any atom is -0.293 e. The van der Waals surface area contributed by atoms with E-state index in [-0.39, 0.29) is 5.78 Å². The molecule has 0 atom stereocenters. The number of hydrogen-bond donors (Lipinski definition) is 0. The molecule has 0 N–H and O–H groups in total. The van der Waals surface area contributed by atoms with Gasteiger partial charge in [0.25, 0.3) is 0 Å². The van der Waals surface area contributed by atoms with Gasteiger partial charge in [-0.25, -0.2) is 4.98 Å². The average molecular weight is 237 g/mol. The molecule has 0 aliphatic heterocycles. The number of carbonyl (C=O) groups excluding carboxylic acids is 1. The van der Waals surface area contributed by atoms with Gasteiger partial charge in [-0.1, -0.05) is 6.92 Å². The Bertz CT molecular complexity index is 445. The minimum absolute atomic E-state index is 0.191. The molecule has 15 heavy (non-hydrogen) atoms. The van der Waals surface area contributed by atoms with Crippen molar-refractivity contribution >= 4 is 28.5 Å². The zero-order valence-corrected chi connectivity index (χ0v) is 10.0. The highest BCUT2D eigenvalue weighted by molar-refractivity contribution is 7.12. The fraction of sp³-hybridized carbons (Fsp3) is 0.273. The lowest BCUT2D eigenvalue weighted by molar-refractivity contribution is 0.0996. The van der Waals surface area contributed by atoms with Crippen molar-refractivity contribution in [2.24, 2.45) is 0 Å². The Morgan fingerprint density at radius 2 is 2.27 bits per heavy atom. The minimum atomic E-state index is 0.191. The van der Waals surface area contributed by atoms with Crippen molar-refractivity contribution in [2.45, 2.75) is 19.8 Å². The third-order valence-corrected chi connectivity index (χ3v) is 3.95. The summed E-state index contributed by atoms with van der Waals surface area (Å²) < 4.78 is 0. The predicted octanol–water partition coefficient (Wildman–Crippen LogP) is 3.19. The molecule has 4 heteroatoms. The fourth-order valence-corrected chi connectivity index (χ4v) is 2.97. The number of thiophene rings is 1. The fourth-order valence-electron chi connectivity index (χ4n) is 1.42. The van der Waals surface area contributed by atoms with Crippen molar-refractivity contribution in [3.05, 3.63) is 38.5 Å². The Morgan fingerprint density at radius 3 is 2.93 bits per heavy atom. The van der Waals surface area contributed by atoms with Crippen LogP contribution >= 0.6 is 22.7 Å². The molecule has 0 unspecified atom stereocenters. The quantitative estimate of drug-likeness (QED) is 0.764. The topological polar surface area (TPSA) is 30.0 Å². The third-order valence-electron chi connectivity index (χ3n) is 2.18. The van der Waals surface area contributed by atoms with E-state index in [0.717, 1.165) is 21.9 Å². The van der Waals surface area contributed by atoms with Gasteiger partial charge in [0.1, 0.15) is 5.01 Å². The molecule has 2 rings (SSSR count). The summed E-state index contributed by atoms with van der Waals surface area (Å²) >= 11 is 3.07. The highest BCUT2D eigenvalue weighted by atomic mass is 32.1. The molecular formula is C11H11NOS2. The second-order valence-electron chi connectivity index (χ2n) is 3.15. The molecular weight excluding hydrogens is 226 g/mol. The zero-order valence-electron chi connectivity index (χ0n) is 8.40. The second kappa shape index (κ2) is 4.68.